The minimum Gasteiger partial charge on any atom is -0.369 e. The highest BCUT2D eigenvalue weighted by Gasteiger charge is 2.13. The molecule has 2 rings (SSSR count). The number of hydrogen-bond donors (Lipinski definition) is 1. The molecule has 0 radical (unpaired) electrons. The molecule has 0 unspecified atom stereocenters. The van der Waals surface area contributed by atoms with Crippen molar-refractivity contribution in [2.24, 2.45) is 10.7 Å². The molecule has 1 heterocycles. The third kappa shape index (κ3) is 3.83. The van der Waals surface area contributed by atoms with E-state index in [1.54, 1.807) is 11.3 Å². The van der Waals surface area contributed by atoms with Crippen molar-refractivity contribution < 1.29 is 0 Å². The van der Waals surface area contributed by atoms with Gasteiger partial charge in [-0.2, -0.15) is 0 Å². The standard InChI is InChI=1S/C15H19N3S/c1-12(2)18(11-14-9-6-10-19-14)15(16)17-13-7-4-3-5-8-13/h3-10,12H,11H2,1-2H3,(H2,16,17). The van der Waals surface area contributed by atoms with Crippen LogP contribution in [0.15, 0.2) is 52.8 Å². The number of rotatable bonds is 4. The topological polar surface area (TPSA) is 41.6 Å². The maximum absolute atomic E-state index is 6.15. The molecule has 0 amide bonds. The Balaban J connectivity index is 2.17. The second-order valence-corrected chi connectivity index (χ2v) is 5.64. The van der Waals surface area contributed by atoms with Gasteiger partial charge in [0.15, 0.2) is 5.96 Å². The fourth-order valence-corrected chi connectivity index (χ4v) is 2.50. The summed E-state index contributed by atoms with van der Waals surface area (Å²) in [5.41, 5.74) is 7.03. The molecule has 3 nitrogen and oxygen atoms in total. The second kappa shape index (κ2) is 6.38. The number of hydrogen-bond acceptors (Lipinski definition) is 2. The minimum absolute atomic E-state index is 0.314. The molecule has 2 N–H and O–H groups in total. The molecule has 0 atom stereocenters. The number of benzene rings is 1. The number of para-hydroxylation sites is 1. The van der Waals surface area contributed by atoms with Crippen LogP contribution in [0.5, 0.6) is 0 Å². The number of aliphatic imine (C=N–C) groups is 1. The van der Waals surface area contributed by atoms with Crippen LogP contribution in [0.25, 0.3) is 0 Å². The molecular formula is C15H19N3S. The first kappa shape index (κ1) is 13.6. The predicted molar refractivity (Wildman–Crippen MR) is 82.7 cm³/mol. The molecule has 1 aromatic carbocycles. The Morgan fingerprint density at radius 1 is 1.21 bits per heavy atom. The second-order valence-electron chi connectivity index (χ2n) is 4.61. The lowest BCUT2D eigenvalue weighted by atomic mass is 10.3. The highest BCUT2D eigenvalue weighted by atomic mass is 32.1. The quantitative estimate of drug-likeness (QED) is 0.683. The Morgan fingerprint density at radius 3 is 2.53 bits per heavy atom. The number of nitrogens with zero attached hydrogens (tertiary/aromatic N) is 2. The molecule has 0 spiro atoms. The van der Waals surface area contributed by atoms with Gasteiger partial charge in [-0.05, 0) is 37.4 Å². The van der Waals surface area contributed by atoms with Gasteiger partial charge in [0.1, 0.15) is 0 Å². The maximum Gasteiger partial charge on any atom is 0.197 e. The minimum atomic E-state index is 0.314. The van der Waals surface area contributed by atoms with Crippen molar-refractivity contribution in [2.75, 3.05) is 0 Å². The molecule has 0 aliphatic carbocycles. The summed E-state index contributed by atoms with van der Waals surface area (Å²) in [5, 5.41) is 2.08. The first-order chi connectivity index (χ1) is 9.16. The van der Waals surface area contributed by atoms with E-state index in [0.717, 1.165) is 12.2 Å². The van der Waals surface area contributed by atoms with Crippen molar-refractivity contribution in [1.29, 1.82) is 0 Å². The maximum atomic E-state index is 6.15. The number of thiophene rings is 1. The summed E-state index contributed by atoms with van der Waals surface area (Å²) in [4.78, 5) is 7.89. The van der Waals surface area contributed by atoms with Gasteiger partial charge in [0, 0.05) is 10.9 Å². The largest absolute Gasteiger partial charge is 0.369 e. The van der Waals surface area contributed by atoms with Gasteiger partial charge in [-0.25, -0.2) is 4.99 Å². The molecular weight excluding hydrogens is 254 g/mol. The van der Waals surface area contributed by atoms with Crippen LogP contribution in [0.4, 0.5) is 5.69 Å². The van der Waals surface area contributed by atoms with E-state index in [9.17, 15) is 0 Å². The summed E-state index contributed by atoms with van der Waals surface area (Å²) in [6.07, 6.45) is 0. The van der Waals surface area contributed by atoms with E-state index in [0.29, 0.717) is 12.0 Å². The summed E-state index contributed by atoms with van der Waals surface area (Å²) in [7, 11) is 0. The van der Waals surface area contributed by atoms with Crippen molar-refractivity contribution in [3.05, 3.63) is 52.7 Å². The average Bonchev–Trinajstić information content (AvgIpc) is 2.89. The monoisotopic (exact) mass is 273 g/mol. The van der Waals surface area contributed by atoms with Crippen LogP contribution < -0.4 is 5.73 Å². The third-order valence-electron chi connectivity index (χ3n) is 2.82. The van der Waals surface area contributed by atoms with Crippen LogP contribution in [0.3, 0.4) is 0 Å². The zero-order valence-corrected chi connectivity index (χ0v) is 12.1. The van der Waals surface area contributed by atoms with Crippen molar-refractivity contribution in [2.45, 2.75) is 26.4 Å². The Kier molecular flexibility index (Phi) is 4.58. The molecule has 0 saturated carbocycles. The first-order valence-corrected chi connectivity index (χ1v) is 7.23. The van der Waals surface area contributed by atoms with Crippen LogP contribution in [0.1, 0.15) is 18.7 Å². The Hall–Kier alpha value is -1.81. The molecule has 19 heavy (non-hydrogen) atoms. The zero-order chi connectivity index (χ0) is 13.7. The number of nitrogens with two attached hydrogens (primary N) is 1. The van der Waals surface area contributed by atoms with E-state index in [1.165, 1.54) is 4.88 Å². The molecule has 0 aliphatic heterocycles. The fourth-order valence-electron chi connectivity index (χ4n) is 1.80. The van der Waals surface area contributed by atoms with Gasteiger partial charge >= 0.3 is 0 Å². The van der Waals surface area contributed by atoms with Crippen LogP contribution in [0, 0.1) is 0 Å². The van der Waals surface area contributed by atoms with E-state index in [-0.39, 0.29) is 0 Å². The Bertz CT molecular complexity index is 518. The summed E-state index contributed by atoms with van der Waals surface area (Å²) >= 11 is 1.74. The van der Waals surface area contributed by atoms with Crippen LogP contribution in [-0.2, 0) is 6.54 Å². The lowest BCUT2D eigenvalue weighted by molar-refractivity contribution is 0.342. The Morgan fingerprint density at radius 2 is 1.95 bits per heavy atom. The van der Waals surface area contributed by atoms with Crippen LogP contribution in [0.2, 0.25) is 0 Å². The molecule has 4 heteroatoms. The first-order valence-electron chi connectivity index (χ1n) is 6.35. The van der Waals surface area contributed by atoms with Crippen molar-refractivity contribution in [3.63, 3.8) is 0 Å². The normalized spacial score (nSPS) is 11.8. The van der Waals surface area contributed by atoms with E-state index < -0.39 is 0 Å². The van der Waals surface area contributed by atoms with Gasteiger partial charge in [0.2, 0.25) is 0 Å². The molecule has 0 saturated heterocycles. The summed E-state index contributed by atoms with van der Waals surface area (Å²) in [5.74, 6) is 0.564. The van der Waals surface area contributed by atoms with Gasteiger partial charge < -0.3 is 10.6 Å². The van der Waals surface area contributed by atoms with E-state index in [4.69, 9.17) is 5.73 Å². The predicted octanol–water partition coefficient (Wildman–Crippen LogP) is 3.60. The number of guanidine groups is 1. The van der Waals surface area contributed by atoms with Crippen LogP contribution >= 0.6 is 11.3 Å². The highest BCUT2D eigenvalue weighted by Crippen LogP contribution is 2.16. The van der Waals surface area contributed by atoms with Crippen LogP contribution in [-0.4, -0.2) is 16.9 Å². The van der Waals surface area contributed by atoms with Gasteiger partial charge in [-0.15, -0.1) is 11.3 Å². The SMILES string of the molecule is CC(C)N(Cc1cccs1)C(N)=Nc1ccccc1. The lowest BCUT2D eigenvalue weighted by Gasteiger charge is -2.27. The van der Waals surface area contributed by atoms with E-state index in [2.05, 4.69) is 41.3 Å². The van der Waals surface area contributed by atoms with Gasteiger partial charge in [0.25, 0.3) is 0 Å². The van der Waals surface area contributed by atoms with Crippen molar-refractivity contribution in [3.8, 4) is 0 Å². The summed E-state index contributed by atoms with van der Waals surface area (Å²) in [6.45, 7) is 5.06. The van der Waals surface area contributed by atoms with E-state index in [1.807, 2.05) is 30.3 Å². The summed E-state index contributed by atoms with van der Waals surface area (Å²) in [6, 6.07) is 14.3. The van der Waals surface area contributed by atoms with Gasteiger partial charge in [-0.1, -0.05) is 24.3 Å². The van der Waals surface area contributed by atoms with Gasteiger partial charge in [-0.3, -0.25) is 0 Å². The lowest BCUT2D eigenvalue weighted by Crippen LogP contribution is -2.41. The zero-order valence-electron chi connectivity index (χ0n) is 11.3. The molecule has 100 valence electrons. The van der Waals surface area contributed by atoms with Gasteiger partial charge in [0.05, 0.1) is 12.2 Å². The average molecular weight is 273 g/mol. The molecule has 0 bridgehead atoms. The van der Waals surface area contributed by atoms with Crippen molar-refractivity contribution >= 4 is 23.0 Å². The smallest absolute Gasteiger partial charge is 0.197 e. The fraction of sp³-hybridized carbons (Fsp3) is 0.267. The van der Waals surface area contributed by atoms with E-state index >= 15 is 0 Å². The molecule has 0 aliphatic rings. The highest BCUT2D eigenvalue weighted by molar-refractivity contribution is 7.09. The Labute approximate surface area is 118 Å². The molecule has 1 aromatic heterocycles. The molecule has 2 aromatic rings. The van der Waals surface area contributed by atoms with Crippen molar-refractivity contribution in [1.82, 2.24) is 4.90 Å². The summed E-state index contributed by atoms with van der Waals surface area (Å²) < 4.78 is 0. The third-order valence-corrected chi connectivity index (χ3v) is 3.68. The molecule has 0 fully saturated rings.